The monoisotopic (exact) mass is 184 g/mol. The summed E-state index contributed by atoms with van der Waals surface area (Å²) >= 11 is 1.67. The van der Waals surface area contributed by atoms with Gasteiger partial charge in [-0.2, -0.15) is 0 Å². The molecule has 1 rings (SSSR count). The molecule has 0 fully saturated rings. The SMILES string of the molecule is CCCC(CC)Oc1cccs1. The molecule has 0 saturated heterocycles. The van der Waals surface area contributed by atoms with Gasteiger partial charge in [0.1, 0.15) is 0 Å². The van der Waals surface area contributed by atoms with Gasteiger partial charge in [-0.25, -0.2) is 0 Å². The van der Waals surface area contributed by atoms with E-state index < -0.39 is 0 Å². The average Bonchev–Trinajstić information content (AvgIpc) is 2.56. The minimum Gasteiger partial charge on any atom is -0.481 e. The lowest BCUT2D eigenvalue weighted by molar-refractivity contribution is 0.192. The van der Waals surface area contributed by atoms with E-state index in [1.54, 1.807) is 11.3 Å². The third-order valence-corrected chi connectivity index (χ3v) is 2.60. The van der Waals surface area contributed by atoms with E-state index in [2.05, 4.69) is 13.8 Å². The highest BCUT2D eigenvalue weighted by Crippen LogP contribution is 2.21. The standard InChI is InChI=1S/C10H16OS/c1-3-6-9(4-2)11-10-7-5-8-12-10/h5,7-9H,3-4,6H2,1-2H3. The maximum absolute atomic E-state index is 5.76. The predicted octanol–water partition coefficient (Wildman–Crippen LogP) is 3.71. The Morgan fingerprint density at radius 2 is 2.33 bits per heavy atom. The van der Waals surface area contributed by atoms with Crippen LogP contribution in [0.1, 0.15) is 33.1 Å². The maximum Gasteiger partial charge on any atom is 0.174 e. The van der Waals surface area contributed by atoms with Crippen LogP contribution in [0, 0.1) is 0 Å². The first-order valence-electron chi connectivity index (χ1n) is 4.57. The largest absolute Gasteiger partial charge is 0.481 e. The number of hydrogen-bond donors (Lipinski definition) is 0. The van der Waals surface area contributed by atoms with E-state index in [0.29, 0.717) is 6.10 Å². The van der Waals surface area contributed by atoms with Crippen molar-refractivity contribution in [1.82, 2.24) is 0 Å². The molecule has 1 atom stereocenters. The second-order valence-corrected chi connectivity index (χ2v) is 3.78. The Balaban J connectivity index is 2.37. The molecule has 0 bridgehead atoms. The van der Waals surface area contributed by atoms with E-state index in [1.807, 2.05) is 17.5 Å². The minimum absolute atomic E-state index is 0.411. The molecule has 1 aromatic rings. The first kappa shape index (κ1) is 9.59. The van der Waals surface area contributed by atoms with E-state index in [1.165, 1.54) is 6.42 Å². The van der Waals surface area contributed by atoms with E-state index in [-0.39, 0.29) is 0 Å². The third-order valence-electron chi connectivity index (χ3n) is 1.84. The highest BCUT2D eigenvalue weighted by atomic mass is 32.1. The molecule has 0 N–H and O–H groups in total. The number of ether oxygens (including phenoxy) is 1. The minimum atomic E-state index is 0.411. The quantitative estimate of drug-likeness (QED) is 0.678. The predicted molar refractivity (Wildman–Crippen MR) is 53.9 cm³/mol. The molecule has 1 heterocycles. The molecular weight excluding hydrogens is 168 g/mol. The Morgan fingerprint density at radius 3 is 2.83 bits per heavy atom. The second kappa shape index (κ2) is 5.20. The van der Waals surface area contributed by atoms with Gasteiger partial charge in [0.2, 0.25) is 0 Å². The van der Waals surface area contributed by atoms with Crippen LogP contribution in [0.25, 0.3) is 0 Å². The van der Waals surface area contributed by atoms with Crippen molar-refractivity contribution in [2.45, 2.75) is 39.2 Å². The summed E-state index contributed by atoms with van der Waals surface area (Å²) < 4.78 is 5.76. The van der Waals surface area contributed by atoms with Gasteiger partial charge in [0.05, 0.1) is 6.10 Å². The average molecular weight is 184 g/mol. The lowest BCUT2D eigenvalue weighted by atomic mass is 10.2. The Bertz CT molecular complexity index is 194. The van der Waals surface area contributed by atoms with Crippen molar-refractivity contribution in [3.05, 3.63) is 17.5 Å². The Morgan fingerprint density at radius 1 is 1.50 bits per heavy atom. The van der Waals surface area contributed by atoms with Crippen LogP contribution in [0.4, 0.5) is 0 Å². The fraction of sp³-hybridized carbons (Fsp3) is 0.600. The van der Waals surface area contributed by atoms with Gasteiger partial charge in [0, 0.05) is 0 Å². The Hall–Kier alpha value is -0.500. The topological polar surface area (TPSA) is 9.23 Å². The molecule has 0 saturated carbocycles. The third kappa shape index (κ3) is 2.86. The molecule has 0 spiro atoms. The van der Waals surface area contributed by atoms with E-state index in [9.17, 15) is 0 Å². The van der Waals surface area contributed by atoms with Gasteiger partial charge in [-0.05, 0) is 30.4 Å². The molecule has 0 aliphatic heterocycles. The van der Waals surface area contributed by atoms with E-state index in [4.69, 9.17) is 4.74 Å². The number of thiophene rings is 1. The molecule has 2 heteroatoms. The fourth-order valence-electron chi connectivity index (χ4n) is 1.16. The van der Waals surface area contributed by atoms with Crippen molar-refractivity contribution in [2.24, 2.45) is 0 Å². The number of hydrogen-bond acceptors (Lipinski definition) is 2. The molecule has 0 amide bonds. The van der Waals surface area contributed by atoms with Gasteiger partial charge in [0.15, 0.2) is 5.06 Å². The zero-order valence-electron chi connectivity index (χ0n) is 7.75. The molecule has 1 unspecified atom stereocenters. The molecule has 0 radical (unpaired) electrons. The molecule has 1 aromatic heterocycles. The lowest BCUT2D eigenvalue weighted by Gasteiger charge is -2.14. The van der Waals surface area contributed by atoms with Crippen LogP contribution in [0.2, 0.25) is 0 Å². The molecule has 0 aromatic carbocycles. The summed E-state index contributed by atoms with van der Waals surface area (Å²) in [5.74, 6) is 0. The number of rotatable bonds is 5. The Kier molecular flexibility index (Phi) is 4.15. The second-order valence-electron chi connectivity index (χ2n) is 2.87. The van der Waals surface area contributed by atoms with Crippen molar-refractivity contribution < 1.29 is 4.74 Å². The molecule has 12 heavy (non-hydrogen) atoms. The van der Waals surface area contributed by atoms with Crippen molar-refractivity contribution in [3.63, 3.8) is 0 Å². The highest BCUT2D eigenvalue weighted by Gasteiger charge is 2.06. The summed E-state index contributed by atoms with van der Waals surface area (Å²) in [6.07, 6.45) is 3.87. The summed E-state index contributed by atoms with van der Waals surface area (Å²) in [5, 5.41) is 3.10. The molecule has 0 aliphatic carbocycles. The van der Waals surface area contributed by atoms with Gasteiger partial charge in [-0.15, -0.1) is 11.3 Å². The molecule has 68 valence electrons. The summed E-state index contributed by atoms with van der Waals surface area (Å²) in [4.78, 5) is 0. The van der Waals surface area contributed by atoms with E-state index >= 15 is 0 Å². The molecular formula is C10H16OS. The van der Waals surface area contributed by atoms with Crippen LogP contribution >= 0.6 is 11.3 Å². The summed E-state index contributed by atoms with van der Waals surface area (Å²) in [6.45, 7) is 4.37. The van der Waals surface area contributed by atoms with Gasteiger partial charge in [-0.1, -0.05) is 20.3 Å². The smallest absolute Gasteiger partial charge is 0.174 e. The van der Waals surface area contributed by atoms with Crippen LogP contribution in [-0.4, -0.2) is 6.10 Å². The molecule has 1 nitrogen and oxygen atoms in total. The normalized spacial score (nSPS) is 12.8. The van der Waals surface area contributed by atoms with Gasteiger partial charge in [-0.3, -0.25) is 0 Å². The van der Waals surface area contributed by atoms with Crippen molar-refractivity contribution >= 4 is 11.3 Å². The van der Waals surface area contributed by atoms with Crippen LogP contribution in [0.15, 0.2) is 17.5 Å². The first-order chi connectivity index (χ1) is 5.86. The Labute approximate surface area is 78.4 Å². The maximum atomic E-state index is 5.76. The van der Waals surface area contributed by atoms with Gasteiger partial charge < -0.3 is 4.74 Å². The van der Waals surface area contributed by atoms with Crippen LogP contribution < -0.4 is 4.74 Å². The van der Waals surface area contributed by atoms with Crippen LogP contribution in [-0.2, 0) is 0 Å². The van der Waals surface area contributed by atoms with Gasteiger partial charge in [0.25, 0.3) is 0 Å². The highest BCUT2D eigenvalue weighted by molar-refractivity contribution is 7.11. The van der Waals surface area contributed by atoms with Crippen molar-refractivity contribution in [2.75, 3.05) is 0 Å². The fourth-order valence-corrected chi connectivity index (χ4v) is 1.80. The zero-order valence-corrected chi connectivity index (χ0v) is 8.56. The summed E-state index contributed by atoms with van der Waals surface area (Å²) in [5.41, 5.74) is 0. The summed E-state index contributed by atoms with van der Waals surface area (Å²) in [6, 6.07) is 4.06. The van der Waals surface area contributed by atoms with Crippen LogP contribution in [0.3, 0.4) is 0 Å². The van der Waals surface area contributed by atoms with Crippen molar-refractivity contribution in [1.29, 1.82) is 0 Å². The van der Waals surface area contributed by atoms with Crippen molar-refractivity contribution in [3.8, 4) is 5.06 Å². The lowest BCUT2D eigenvalue weighted by Crippen LogP contribution is -2.13. The zero-order chi connectivity index (χ0) is 8.81. The van der Waals surface area contributed by atoms with E-state index in [0.717, 1.165) is 17.9 Å². The summed E-state index contributed by atoms with van der Waals surface area (Å²) in [7, 11) is 0. The van der Waals surface area contributed by atoms with Gasteiger partial charge >= 0.3 is 0 Å². The first-order valence-corrected chi connectivity index (χ1v) is 5.45. The molecule has 0 aliphatic rings. The van der Waals surface area contributed by atoms with Crippen LogP contribution in [0.5, 0.6) is 5.06 Å².